The highest BCUT2D eigenvalue weighted by atomic mass is 32.1. The number of nitrogens with zero attached hydrogens (tertiary/aromatic N) is 1. The zero-order chi connectivity index (χ0) is 16.1. The third-order valence-electron chi connectivity index (χ3n) is 3.22. The third kappa shape index (κ3) is 4.08. The maximum Gasteiger partial charge on any atom is 0.176 e. The lowest BCUT2D eigenvalue weighted by molar-refractivity contribution is 1.31. The van der Waals surface area contributed by atoms with Gasteiger partial charge in [-0.3, -0.25) is 0 Å². The standard InChI is InChI=1S/C17H17N5S/c1-12-7-9-14(10-8-12)20-15-16(19-11-18-15)22-17(23)21-13-5-3-2-4-6-13/h2-11,20H,1H3,(H,18,19)(H2,21,22,23). The number of H-pyrrole nitrogens is 1. The number of benzene rings is 2. The topological polar surface area (TPSA) is 64.8 Å². The van der Waals surface area contributed by atoms with Gasteiger partial charge in [0.05, 0.1) is 6.33 Å². The molecular formula is C17H17N5S. The molecule has 0 bridgehead atoms. The molecule has 1 heterocycles. The monoisotopic (exact) mass is 323 g/mol. The number of aromatic amines is 1. The molecule has 23 heavy (non-hydrogen) atoms. The van der Waals surface area contributed by atoms with E-state index in [9.17, 15) is 0 Å². The van der Waals surface area contributed by atoms with E-state index in [-0.39, 0.29) is 0 Å². The van der Waals surface area contributed by atoms with Gasteiger partial charge in [0, 0.05) is 11.4 Å². The van der Waals surface area contributed by atoms with Crippen molar-refractivity contribution in [2.75, 3.05) is 16.0 Å². The number of para-hydroxylation sites is 1. The van der Waals surface area contributed by atoms with Crippen molar-refractivity contribution in [3.63, 3.8) is 0 Å². The highest BCUT2D eigenvalue weighted by molar-refractivity contribution is 7.80. The van der Waals surface area contributed by atoms with Gasteiger partial charge in [0.1, 0.15) is 0 Å². The number of hydrogen-bond acceptors (Lipinski definition) is 3. The fourth-order valence-electron chi connectivity index (χ4n) is 2.06. The molecule has 2 aromatic carbocycles. The molecule has 4 N–H and O–H groups in total. The second-order valence-electron chi connectivity index (χ2n) is 5.06. The summed E-state index contributed by atoms with van der Waals surface area (Å²) in [6.45, 7) is 2.06. The Morgan fingerprint density at radius 3 is 2.43 bits per heavy atom. The van der Waals surface area contributed by atoms with Crippen LogP contribution in [0.15, 0.2) is 60.9 Å². The van der Waals surface area contributed by atoms with Crippen LogP contribution in [0.2, 0.25) is 0 Å². The first-order valence-electron chi connectivity index (χ1n) is 7.21. The van der Waals surface area contributed by atoms with Crippen LogP contribution in [-0.2, 0) is 0 Å². The molecule has 116 valence electrons. The predicted molar refractivity (Wildman–Crippen MR) is 99.3 cm³/mol. The van der Waals surface area contributed by atoms with Crippen molar-refractivity contribution < 1.29 is 0 Å². The van der Waals surface area contributed by atoms with Crippen LogP contribution in [0.25, 0.3) is 0 Å². The van der Waals surface area contributed by atoms with Gasteiger partial charge in [0.25, 0.3) is 0 Å². The Balaban J connectivity index is 1.66. The molecule has 0 amide bonds. The SMILES string of the molecule is Cc1ccc(Nc2[nH]cnc2NC(=S)Nc2ccccc2)cc1. The van der Waals surface area contributed by atoms with Crippen molar-refractivity contribution in [1.29, 1.82) is 0 Å². The lowest BCUT2D eigenvalue weighted by Gasteiger charge is -2.11. The van der Waals surface area contributed by atoms with Gasteiger partial charge in [-0.15, -0.1) is 0 Å². The number of nitrogens with one attached hydrogen (secondary N) is 4. The largest absolute Gasteiger partial charge is 0.339 e. The number of aryl methyl sites for hydroxylation is 1. The predicted octanol–water partition coefficient (Wildman–Crippen LogP) is 4.27. The fraction of sp³-hybridized carbons (Fsp3) is 0.0588. The summed E-state index contributed by atoms with van der Waals surface area (Å²) in [6, 6.07) is 17.9. The maximum atomic E-state index is 5.32. The van der Waals surface area contributed by atoms with Gasteiger partial charge >= 0.3 is 0 Å². The molecule has 0 unspecified atom stereocenters. The van der Waals surface area contributed by atoms with Crippen molar-refractivity contribution >= 4 is 40.3 Å². The molecule has 0 saturated heterocycles. The fourth-order valence-corrected chi connectivity index (χ4v) is 2.27. The Hall–Kier alpha value is -2.86. The van der Waals surface area contributed by atoms with Gasteiger partial charge in [-0.1, -0.05) is 35.9 Å². The Morgan fingerprint density at radius 2 is 1.70 bits per heavy atom. The first kappa shape index (κ1) is 15.1. The summed E-state index contributed by atoms with van der Waals surface area (Å²) in [5.41, 5.74) is 3.12. The van der Waals surface area contributed by atoms with E-state index in [0.717, 1.165) is 17.2 Å². The molecular weight excluding hydrogens is 306 g/mol. The van der Waals surface area contributed by atoms with Crippen molar-refractivity contribution in [3.8, 4) is 0 Å². The van der Waals surface area contributed by atoms with Crippen molar-refractivity contribution in [3.05, 3.63) is 66.5 Å². The molecule has 0 fully saturated rings. The first-order chi connectivity index (χ1) is 11.2. The molecule has 0 radical (unpaired) electrons. The van der Waals surface area contributed by atoms with Crippen LogP contribution in [0.5, 0.6) is 0 Å². The number of imidazole rings is 1. The smallest absolute Gasteiger partial charge is 0.176 e. The molecule has 3 rings (SSSR count). The molecule has 6 heteroatoms. The van der Waals surface area contributed by atoms with Gasteiger partial charge in [0.2, 0.25) is 0 Å². The van der Waals surface area contributed by atoms with Gasteiger partial charge in [-0.25, -0.2) is 4.98 Å². The van der Waals surface area contributed by atoms with Crippen LogP contribution in [0.4, 0.5) is 23.0 Å². The number of rotatable bonds is 4. The van der Waals surface area contributed by atoms with Crippen LogP contribution in [0.3, 0.4) is 0 Å². The molecule has 0 atom stereocenters. The van der Waals surface area contributed by atoms with Crippen molar-refractivity contribution in [2.45, 2.75) is 6.92 Å². The highest BCUT2D eigenvalue weighted by Gasteiger charge is 2.08. The molecule has 0 aliphatic rings. The Labute approximate surface area is 140 Å². The molecule has 0 aliphatic heterocycles. The lowest BCUT2D eigenvalue weighted by Crippen LogP contribution is -2.19. The van der Waals surface area contributed by atoms with Crippen LogP contribution >= 0.6 is 12.2 Å². The first-order valence-corrected chi connectivity index (χ1v) is 7.61. The minimum Gasteiger partial charge on any atom is -0.339 e. The molecule has 0 saturated carbocycles. The number of thiocarbonyl (C=S) groups is 1. The zero-order valence-electron chi connectivity index (χ0n) is 12.6. The number of hydrogen-bond donors (Lipinski definition) is 4. The summed E-state index contributed by atoms with van der Waals surface area (Å²) in [5, 5.41) is 9.97. The van der Waals surface area contributed by atoms with Crippen LogP contribution in [0.1, 0.15) is 5.56 Å². The lowest BCUT2D eigenvalue weighted by atomic mass is 10.2. The van der Waals surface area contributed by atoms with E-state index in [4.69, 9.17) is 12.2 Å². The second-order valence-corrected chi connectivity index (χ2v) is 5.47. The van der Waals surface area contributed by atoms with Crippen molar-refractivity contribution in [2.24, 2.45) is 0 Å². The van der Waals surface area contributed by atoms with E-state index >= 15 is 0 Å². The van der Waals surface area contributed by atoms with Gasteiger partial charge in [-0.05, 0) is 43.4 Å². The summed E-state index contributed by atoms with van der Waals surface area (Å²) in [5.74, 6) is 1.39. The Morgan fingerprint density at radius 1 is 0.957 bits per heavy atom. The zero-order valence-corrected chi connectivity index (χ0v) is 13.4. The normalized spacial score (nSPS) is 10.1. The summed E-state index contributed by atoms with van der Waals surface area (Å²) < 4.78 is 0. The molecule has 0 aliphatic carbocycles. The van der Waals surface area contributed by atoms with E-state index in [1.54, 1.807) is 6.33 Å². The van der Waals surface area contributed by atoms with Gasteiger partial charge in [0.15, 0.2) is 16.7 Å². The van der Waals surface area contributed by atoms with Gasteiger partial charge < -0.3 is 20.9 Å². The molecule has 3 aromatic rings. The van der Waals surface area contributed by atoms with E-state index in [2.05, 4.69) is 32.8 Å². The number of anilines is 4. The second kappa shape index (κ2) is 6.93. The van der Waals surface area contributed by atoms with Crippen LogP contribution in [-0.4, -0.2) is 15.1 Å². The minimum absolute atomic E-state index is 0.482. The maximum absolute atomic E-state index is 5.32. The van der Waals surface area contributed by atoms with E-state index in [0.29, 0.717) is 10.9 Å². The van der Waals surface area contributed by atoms with Crippen molar-refractivity contribution in [1.82, 2.24) is 9.97 Å². The van der Waals surface area contributed by atoms with Gasteiger partial charge in [-0.2, -0.15) is 0 Å². The average Bonchev–Trinajstić information content (AvgIpc) is 2.97. The van der Waals surface area contributed by atoms with E-state index in [1.807, 2.05) is 54.6 Å². The summed E-state index contributed by atoms with van der Waals surface area (Å²) >= 11 is 5.32. The summed E-state index contributed by atoms with van der Waals surface area (Å²) in [4.78, 5) is 7.32. The molecule has 1 aromatic heterocycles. The minimum atomic E-state index is 0.482. The molecule has 0 spiro atoms. The average molecular weight is 323 g/mol. The third-order valence-corrected chi connectivity index (χ3v) is 3.43. The Bertz CT molecular complexity index is 780. The number of aromatic nitrogens is 2. The van der Waals surface area contributed by atoms with E-state index in [1.165, 1.54) is 5.56 Å². The van der Waals surface area contributed by atoms with E-state index < -0.39 is 0 Å². The molecule has 5 nitrogen and oxygen atoms in total. The summed E-state index contributed by atoms with van der Waals surface area (Å²) in [6.07, 6.45) is 1.62. The van der Waals surface area contributed by atoms with Crippen LogP contribution in [0, 0.1) is 6.92 Å². The quantitative estimate of drug-likeness (QED) is 0.540. The van der Waals surface area contributed by atoms with Crippen LogP contribution < -0.4 is 16.0 Å². The summed E-state index contributed by atoms with van der Waals surface area (Å²) in [7, 11) is 0. The highest BCUT2D eigenvalue weighted by Crippen LogP contribution is 2.21. The Kier molecular flexibility index (Phi) is 4.54.